The van der Waals surface area contributed by atoms with Gasteiger partial charge in [-0.05, 0) is 37.1 Å². The van der Waals surface area contributed by atoms with Gasteiger partial charge in [-0.2, -0.15) is 0 Å². The van der Waals surface area contributed by atoms with Gasteiger partial charge in [-0.3, -0.25) is 4.90 Å². The van der Waals surface area contributed by atoms with Crippen molar-refractivity contribution < 1.29 is 4.74 Å². The number of nitrogens with zero attached hydrogens (tertiary/aromatic N) is 1. The Morgan fingerprint density at radius 2 is 2.35 bits per heavy atom. The van der Waals surface area contributed by atoms with E-state index in [2.05, 4.69) is 26.9 Å². The number of nitrogens with two attached hydrogens (primary N) is 1. The number of piperidine rings is 1. The van der Waals surface area contributed by atoms with E-state index in [0.717, 1.165) is 29.8 Å². The molecule has 17 heavy (non-hydrogen) atoms. The van der Waals surface area contributed by atoms with Gasteiger partial charge in [-0.25, -0.2) is 0 Å². The van der Waals surface area contributed by atoms with Gasteiger partial charge in [0.05, 0.1) is 6.10 Å². The van der Waals surface area contributed by atoms with Gasteiger partial charge in [0, 0.05) is 30.4 Å². The summed E-state index contributed by atoms with van der Waals surface area (Å²) in [5.41, 5.74) is 7.83. The maximum absolute atomic E-state index is 5.74. The minimum absolute atomic E-state index is 0.385. The molecule has 1 atom stereocenters. The number of anilines is 1. The van der Waals surface area contributed by atoms with E-state index in [1.807, 2.05) is 12.1 Å². The first-order chi connectivity index (χ1) is 8.19. The molecular weight excluding hydrogens is 280 g/mol. The summed E-state index contributed by atoms with van der Waals surface area (Å²) in [6.45, 7) is 3.13. The van der Waals surface area contributed by atoms with Crippen molar-refractivity contribution in [2.24, 2.45) is 0 Å². The van der Waals surface area contributed by atoms with Gasteiger partial charge in [0.15, 0.2) is 0 Å². The highest BCUT2D eigenvalue weighted by Gasteiger charge is 2.19. The number of benzene rings is 1. The second-order valence-electron chi connectivity index (χ2n) is 4.59. The molecule has 0 aromatic heterocycles. The van der Waals surface area contributed by atoms with E-state index >= 15 is 0 Å². The number of ether oxygens (including phenoxy) is 1. The number of nitrogen functional groups attached to an aromatic ring is 1. The standard InChI is InChI=1S/C13H19BrN2O/c1-17-12-3-2-6-16(9-12)8-10-4-5-11(15)7-13(10)14/h4-5,7,12H,2-3,6,8-9,15H2,1H3. The fourth-order valence-electron chi connectivity index (χ4n) is 2.28. The molecule has 2 N–H and O–H groups in total. The summed E-state index contributed by atoms with van der Waals surface area (Å²) in [7, 11) is 1.80. The van der Waals surface area contributed by atoms with Crippen molar-refractivity contribution in [3.05, 3.63) is 28.2 Å². The fourth-order valence-corrected chi connectivity index (χ4v) is 2.80. The molecule has 94 valence electrons. The predicted molar refractivity (Wildman–Crippen MR) is 73.9 cm³/mol. The van der Waals surface area contributed by atoms with E-state index in [-0.39, 0.29) is 0 Å². The Morgan fingerprint density at radius 3 is 3.06 bits per heavy atom. The van der Waals surface area contributed by atoms with Gasteiger partial charge >= 0.3 is 0 Å². The van der Waals surface area contributed by atoms with Crippen LogP contribution >= 0.6 is 15.9 Å². The molecule has 0 amide bonds. The van der Waals surface area contributed by atoms with E-state index in [0.29, 0.717) is 6.10 Å². The van der Waals surface area contributed by atoms with Crippen molar-refractivity contribution in [1.82, 2.24) is 4.90 Å². The molecule has 0 radical (unpaired) electrons. The van der Waals surface area contributed by atoms with E-state index in [9.17, 15) is 0 Å². The largest absolute Gasteiger partial charge is 0.399 e. The highest BCUT2D eigenvalue weighted by Crippen LogP contribution is 2.23. The Hall–Kier alpha value is -0.580. The van der Waals surface area contributed by atoms with Crippen LogP contribution < -0.4 is 5.73 Å². The van der Waals surface area contributed by atoms with E-state index in [1.165, 1.54) is 18.4 Å². The number of halogens is 1. The first-order valence-electron chi connectivity index (χ1n) is 5.98. The molecule has 4 heteroatoms. The van der Waals surface area contributed by atoms with Crippen molar-refractivity contribution in [1.29, 1.82) is 0 Å². The molecule has 1 aromatic carbocycles. The minimum Gasteiger partial charge on any atom is -0.399 e. The lowest BCUT2D eigenvalue weighted by molar-refractivity contribution is 0.0285. The Kier molecular flexibility index (Phi) is 4.42. The van der Waals surface area contributed by atoms with Crippen LogP contribution in [0.3, 0.4) is 0 Å². The summed E-state index contributed by atoms with van der Waals surface area (Å²) < 4.78 is 6.53. The van der Waals surface area contributed by atoms with Crippen molar-refractivity contribution >= 4 is 21.6 Å². The Bertz CT molecular complexity index is 384. The quantitative estimate of drug-likeness (QED) is 0.872. The summed E-state index contributed by atoms with van der Waals surface area (Å²) in [6.07, 6.45) is 2.78. The number of hydrogen-bond donors (Lipinski definition) is 1. The maximum Gasteiger partial charge on any atom is 0.0698 e. The summed E-state index contributed by atoms with van der Waals surface area (Å²) in [5, 5.41) is 0. The van der Waals surface area contributed by atoms with Gasteiger partial charge in [-0.1, -0.05) is 22.0 Å². The summed E-state index contributed by atoms with van der Waals surface area (Å²) in [4.78, 5) is 2.44. The van der Waals surface area contributed by atoms with Crippen LogP contribution in [0.1, 0.15) is 18.4 Å². The lowest BCUT2D eigenvalue weighted by Gasteiger charge is -2.32. The van der Waals surface area contributed by atoms with Gasteiger partial charge in [0.25, 0.3) is 0 Å². The van der Waals surface area contributed by atoms with Crippen molar-refractivity contribution in [3.8, 4) is 0 Å². The second-order valence-corrected chi connectivity index (χ2v) is 5.44. The molecule has 0 spiro atoms. The van der Waals surface area contributed by atoms with Crippen LogP contribution in [0.5, 0.6) is 0 Å². The SMILES string of the molecule is COC1CCCN(Cc2ccc(N)cc2Br)C1. The third kappa shape index (κ3) is 3.44. The monoisotopic (exact) mass is 298 g/mol. The van der Waals surface area contributed by atoms with Crippen LogP contribution in [0, 0.1) is 0 Å². The zero-order valence-corrected chi connectivity index (χ0v) is 11.7. The van der Waals surface area contributed by atoms with Crippen LogP contribution in [-0.2, 0) is 11.3 Å². The normalized spacial score (nSPS) is 21.6. The first-order valence-corrected chi connectivity index (χ1v) is 6.77. The molecule has 1 aliphatic rings. The zero-order valence-electron chi connectivity index (χ0n) is 10.2. The number of rotatable bonds is 3. The zero-order chi connectivity index (χ0) is 12.3. The van der Waals surface area contributed by atoms with Crippen LogP contribution in [0.2, 0.25) is 0 Å². The predicted octanol–water partition coefficient (Wildman–Crippen LogP) is 2.64. The fraction of sp³-hybridized carbons (Fsp3) is 0.538. The van der Waals surface area contributed by atoms with Crippen LogP contribution in [-0.4, -0.2) is 31.2 Å². The van der Waals surface area contributed by atoms with Crippen LogP contribution in [0.15, 0.2) is 22.7 Å². The number of methoxy groups -OCH3 is 1. The first kappa shape index (κ1) is 12.9. The van der Waals surface area contributed by atoms with Crippen LogP contribution in [0.25, 0.3) is 0 Å². The van der Waals surface area contributed by atoms with E-state index in [1.54, 1.807) is 7.11 Å². The molecule has 0 saturated carbocycles. The molecule has 1 saturated heterocycles. The van der Waals surface area contributed by atoms with Gasteiger partial charge in [0.1, 0.15) is 0 Å². The topological polar surface area (TPSA) is 38.5 Å². The molecule has 3 nitrogen and oxygen atoms in total. The minimum atomic E-state index is 0.385. The Balaban J connectivity index is 2.00. The molecule has 2 rings (SSSR count). The highest BCUT2D eigenvalue weighted by molar-refractivity contribution is 9.10. The molecule has 1 aliphatic heterocycles. The van der Waals surface area contributed by atoms with Crippen molar-refractivity contribution in [2.75, 3.05) is 25.9 Å². The molecular formula is C13H19BrN2O. The third-order valence-electron chi connectivity index (χ3n) is 3.27. The second kappa shape index (κ2) is 5.85. The number of hydrogen-bond acceptors (Lipinski definition) is 3. The Morgan fingerprint density at radius 1 is 1.53 bits per heavy atom. The average Bonchev–Trinajstić information content (AvgIpc) is 2.33. The van der Waals surface area contributed by atoms with Gasteiger partial charge in [0.2, 0.25) is 0 Å². The molecule has 1 heterocycles. The van der Waals surface area contributed by atoms with Crippen LogP contribution in [0.4, 0.5) is 5.69 Å². The molecule has 0 bridgehead atoms. The highest BCUT2D eigenvalue weighted by atomic mass is 79.9. The van der Waals surface area contributed by atoms with Gasteiger partial charge < -0.3 is 10.5 Å². The van der Waals surface area contributed by atoms with Crippen molar-refractivity contribution in [2.45, 2.75) is 25.5 Å². The Labute approximate surface area is 111 Å². The summed E-state index contributed by atoms with van der Waals surface area (Å²) in [6, 6.07) is 6.01. The van der Waals surface area contributed by atoms with Gasteiger partial charge in [-0.15, -0.1) is 0 Å². The van der Waals surface area contributed by atoms with Crippen molar-refractivity contribution in [3.63, 3.8) is 0 Å². The van der Waals surface area contributed by atoms with E-state index < -0.39 is 0 Å². The smallest absolute Gasteiger partial charge is 0.0698 e. The summed E-state index contributed by atoms with van der Waals surface area (Å²) in [5.74, 6) is 0. The van der Waals surface area contributed by atoms with E-state index in [4.69, 9.17) is 10.5 Å². The number of likely N-dealkylation sites (tertiary alicyclic amines) is 1. The molecule has 0 aliphatic carbocycles. The summed E-state index contributed by atoms with van der Waals surface area (Å²) >= 11 is 3.57. The molecule has 1 fully saturated rings. The molecule has 1 aromatic rings. The lowest BCUT2D eigenvalue weighted by Crippen LogP contribution is -2.38. The molecule has 1 unspecified atom stereocenters. The lowest BCUT2D eigenvalue weighted by atomic mass is 10.1. The average molecular weight is 299 g/mol. The third-order valence-corrected chi connectivity index (χ3v) is 4.00. The maximum atomic E-state index is 5.74.